The highest BCUT2D eigenvalue weighted by Crippen LogP contribution is 2.11. The predicted octanol–water partition coefficient (Wildman–Crippen LogP) is 1.80. The predicted molar refractivity (Wildman–Crippen MR) is 59.2 cm³/mol. The molecule has 0 fully saturated rings. The monoisotopic (exact) mass is 237 g/mol. The summed E-state index contributed by atoms with van der Waals surface area (Å²) in [4.78, 5) is 0. The number of hydrogen-bond acceptors (Lipinski definition) is 4. The van der Waals surface area contributed by atoms with Crippen molar-refractivity contribution in [1.82, 2.24) is 0 Å². The van der Waals surface area contributed by atoms with E-state index in [0.29, 0.717) is 19.8 Å². The quantitative estimate of drug-likeness (QED) is 0.603. The van der Waals surface area contributed by atoms with E-state index < -0.39 is 18.1 Å². The minimum Gasteiger partial charge on any atom is -0.394 e. The van der Waals surface area contributed by atoms with Gasteiger partial charge in [0.1, 0.15) is 0 Å². The number of hydrogen-bond donors (Lipinski definition) is 0. The van der Waals surface area contributed by atoms with E-state index in [2.05, 4.69) is 0 Å². The second kappa shape index (κ2) is 7.55. The Morgan fingerprint density at radius 2 is 1.50 bits per heavy atom. The Bertz CT molecular complexity index is 139. The zero-order chi connectivity index (χ0) is 11.0. The zero-order valence-corrected chi connectivity index (χ0v) is 11.8. The Morgan fingerprint density at radius 1 is 1.00 bits per heavy atom. The van der Waals surface area contributed by atoms with Crippen molar-refractivity contribution < 1.29 is 17.4 Å². The first-order chi connectivity index (χ1) is 6.58. The molecule has 4 nitrogen and oxygen atoms in total. The molecular weight excluding hydrogens is 216 g/mol. The van der Waals surface area contributed by atoms with Crippen molar-refractivity contribution in [2.24, 2.45) is 0 Å². The van der Waals surface area contributed by atoms with Crippen LogP contribution in [0.25, 0.3) is 0 Å². The summed E-state index contributed by atoms with van der Waals surface area (Å²) in [6.07, 6.45) is 0. The fraction of sp³-hybridized carbons (Fsp3) is 1.00. The summed E-state index contributed by atoms with van der Waals surface area (Å²) in [7, 11) is -3.66. The van der Waals surface area contributed by atoms with Crippen LogP contribution in [0, 0.1) is 0 Å². The average Bonchev–Trinajstić information content (AvgIpc) is 2.04. The molecule has 0 N–H and O–H groups in total. The van der Waals surface area contributed by atoms with Crippen molar-refractivity contribution in [2.45, 2.75) is 33.9 Å². The largest absolute Gasteiger partial charge is 0.488 e. The normalized spacial score (nSPS) is 12.4. The second-order valence-corrected chi connectivity index (χ2v) is 7.15. The van der Waals surface area contributed by atoms with E-state index in [4.69, 9.17) is 17.4 Å². The van der Waals surface area contributed by atoms with Crippen molar-refractivity contribution >= 4 is 18.1 Å². The third-order valence-corrected chi connectivity index (χ3v) is 6.44. The highest BCUT2D eigenvalue weighted by atomic mass is 28.4. The summed E-state index contributed by atoms with van der Waals surface area (Å²) in [5.41, 5.74) is 0. The smallest absolute Gasteiger partial charge is 0.394 e. The summed E-state index contributed by atoms with van der Waals surface area (Å²) < 4.78 is 22.2. The maximum atomic E-state index is 5.73. The minimum absolute atomic E-state index is 0.615. The first kappa shape index (κ1) is 14.3. The van der Waals surface area contributed by atoms with E-state index >= 15 is 0 Å². The maximum absolute atomic E-state index is 5.73. The molecule has 6 heteroatoms. The van der Waals surface area contributed by atoms with E-state index in [-0.39, 0.29) is 0 Å². The van der Waals surface area contributed by atoms with Gasteiger partial charge in [0.15, 0.2) is 0 Å². The summed E-state index contributed by atoms with van der Waals surface area (Å²) in [5.74, 6) is 0. The van der Waals surface area contributed by atoms with Gasteiger partial charge in [-0.15, -0.1) is 0 Å². The lowest BCUT2D eigenvalue weighted by atomic mass is 10.9. The van der Waals surface area contributed by atoms with Crippen molar-refractivity contribution in [3.8, 4) is 0 Å². The molecule has 14 heavy (non-hydrogen) atoms. The molecule has 0 unspecified atom stereocenters. The van der Waals surface area contributed by atoms with Crippen molar-refractivity contribution in [1.29, 1.82) is 0 Å². The molecule has 0 aliphatic carbocycles. The Hall–Kier alpha value is 0.274. The SMILES string of the molecule is CCO[Si](C)O[Si](C)(OCC)OCC. The third-order valence-electron chi connectivity index (χ3n) is 1.49. The molecule has 0 saturated carbocycles. The van der Waals surface area contributed by atoms with Crippen molar-refractivity contribution in [3.05, 3.63) is 0 Å². The number of rotatable bonds is 8. The van der Waals surface area contributed by atoms with Gasteiger partial charge in [0.2, 0.25) is 0 Å². The zero-order valence-electron chi connectivity index (χ0n) is 9.75. The van der Waals surface area contributed by atoms with Gasteiger partial charge >= 0.3 is 18.1 Å². The molecule has 85 valence electrons. The summed E-state index contributed by atoms with van der Waals surface area (Å²) >= 11 is 0. The average molecular weight is 237 g/mol. The van der Waals surface area contributed by atoms with E-state index in [9.17, 15) is 0 Å². The molecule has 0 aliphatic rings. The molecule has 0 atom stereocenters. The fourth-order valence-electron chi connectivity index (χ4n) is 1.12. The molecule has 0 heterocycles. The molecular formula is C8H21O4Si2. The Balaban J connectivity index is 4.05. The van der Waals surface area contributed by atoms with Crippen molar-refractivity contribution in [2.75, 3.05) is 19.8 Å². The highest BCUT2D eigenvalue weighted by Gasteiger charge is 2.36. The van der Waals surface area contributed by atoms with Crippen LogP contribution in [-0.2, 0) is 17.4 Å². The lowest BCUT2D eigenvalue weighted by Crippen LogP contribution is -2.47. The lowest BCUT2D eigenvalue weighted by molar-refractivity contribution is 0.110. The maximum Gasteiger partial charge on any atom is 0.488 e. The van der Waals surface area contributed by atoms with Crippen LogP contribution in [0.3, 0.4) is 0 Å². The molecule has 0 amide bonds. The molecule has 0 rings (SSSR count). The summed E-state index contributed by atoms with van der Waals surface area (Å²) in [5, 5.41) is 0. The van der Waals surface area contributed by atoms with Gasteiger partial charge in [-0.25, -0.2) is 0 Å². The van der Waals surface area contributed by atoms with E-state index in [1.165, 1.54) is 0 Å². The van der Waals surface area contributed by atoms with Crippen molar-refractivity contribution in [3.63, 3.8) is 0 Å². The van der Waals surface area contributed by atoms with E-state index in [1.807, 2.05) is 33.9 Å². The minimum atomic E-state index is -2.43. The van der Waals surface area contributed by atoms with Crippen LogP contribution in [0.4, 0.5) is 0 Å². The van der Waals surface area contributed by atoms with Crippen LogP contribution in [0.2, 0.25) is 13.1 Å². The third kappa shape index (κ3) is 5.89. The second-order valence-electron chi connectivity index (χ2n) is 2.76. The van der Waals surface area contributed by atoms with Gasteiger partial charge in [0.25, 0.3) is 0 Å². The van der Waals surface area contributed by atoms with Gasteiger partial charge in [-0.05, 0) is 27.3 Å². The van der Waals surface area contributed by atoms with E-state index in [1.54, 1.807) is 0 Å². The summed E-state index contributed by atoms with van der Waals surface area (Å²) in [6.45, 7) is 11.6. The van der Waals surface area contributed by atoms with Crippen LogP contribution in [-0.4, -0.2) is 37.9 Å². The Morgan fingerprint density at radius 3 is 1.86 bits per heavy atom. The van der Waals surface area contributed by atoms with Crippen LogP contribution < -0.4 is 0 Å². The van der Waals surface area contributed by atoms with Crippen LogP contribution in [0.1, 0.15) is 20.8 Å². The first-order valence-electron chi connectivity index (χ1n) is 5.01. The van der Waals surface area contributed by atoms with Gasteiger partial charge in [-0.3, -0.25) is 0 Å². The van der Waals surface area contributed by atoms with Gasteiger partial charge in [-0.1, -0.05) is 0 Å². The molecule has 0 bridgehead atoms. The van der Waals surface area contributed by atoms with Gasteiger partial charge in [0.05, 0.1) is 0 Å². The lowest BCUT2D eigenvalue weighted by Gasteiger charge is -2.27. The topological polar surface area (TPSA) is 36.9 Å². The van der Waals surface area contributed by atoms with E-state index in [0.717, 1.165) is 0 Å². The Kier molecular flexibility index (Phi) is 7.70. The molecule has 0 spiro atoms. The standard InChI is InChI=1S/C8H21O4Si2/c1-6-9-13(4)12-14(5,10-7-2)11-8-3/h6-8H2,1-5H3. The van der Waals surface area contributed by atoms with Crippen LogP contribution >= 0.6 is 0 Å². The summed E-state index contributed by atoms with van der Waals surface area (Å²) in [6, 6.07) is 0. The van der Waals surface area contributed by atoms with Gasteiger partial charge < -0.3 is 17.4 Å². The first-order valence-corrected chi connectivity index (χ1v) is 9.05. The Labute approximate surface area is 89.7 Å². The fourth-order valence-corrected chi connectivity index (χ4v) is 5.45. The molecule has 0 aromatic heterocycles. The molecule has 0 aromatic carbocycles. The van der Waals surface area contributed by atoms with Gasteiger partial charge in [-0.2, -0.15) is 0 Å². The van der Waals surface area contributed by atoms with Gasteiger partial charge in [0, 0.05) is 26.4 Å². The molecule has 0 aromatic rings. The molecule has 1 radical (unpaired) electrons. The van der Waals surface area contributed by atoms with Crippen LogP contribution in [0.5, 0.6) is 0 Å². The molecule has 0 aliphatic heterocycles. The molecule has 0 saturated heterocycles. The highest BCUT2D eigenvalue weighted by molar-refractivity contribution is 6.67. The van der Waals surface area contributed by atoms with Crippen LogP contribution in [0.15, 0.2) is 0 Å².